The SMILES string of the molecule is COc1ccc(N2C(=O)CC(c3ccc(O)cc3O)C2=O)cc1. The summed E-state index contributed by atoms with van der Waals surface area (Å²) in [4.78, 5) is 26.0. The molecule has 0 bridgehead atoms. The number of carbonyl (C=O) groups excluding carboxylic acids is 2. The molecule has 3 rings (SSSR count). The van der Waals surface area contributed by atoms with Gasteiger partial charge in [-0.2, -0.15) is 0 Å². The standard InChI is InChI=1S/C17H15NO5/c1-23-12-5-2-10(3-6-12)18-16(21)9-14(17(18)22)13-7-4-11(19)8-15(13)20/h2-8,14,19-20H,9H2,1H3. The van der Waals surface area contributed by atoms with Gasteiger partial charge in [0.1, 0.15) is 17.2 Å². The van der Waals surface area contributed by atoms with Crippen LogP contribution < -0.4 is 9.64 Å². The van der Waals surface area contributed by atoms with Gasteiger partial charge in [-0.05, 0) is 30.3 Å². The highest BCUT2D eigenvalue weighted by Crippen LogP contribution is 2.38. The molecule has 0 aromatic heterocycles. The molecular weight excluding hydrogens is 298 g/mol. The third-order valence-corrected chi connectivity index (χ3v) is 3.87. The molecule has 1 aliphatic rings. The molecule has 0 aliphatic carbocycles. The van der Waals surface area contributed by atoms with E-state index in [1.54, 1.807) is 24.3 Å². The predicted molar refractivity (Wildman–Crippen MR) is 82.6 cm³/mol. The molecule has 2 amide bonds. The van der Waals surface area contributed by atoms with Gasteiger partial charge in [0.2, 0.25) is 11.8 Å². The summed E-state index contributed by atoms with van der Waals surface area (Å²) >= 11 is 0. The number of hydrogen-bond acceptors (Lipinski definition) is 5. The minimum absolute atomic E-state index is 0.0246. The second-order valence-corrected chi connectivity index (χ2v) is 5.27. The summed E-state index contributed by atoms with van der Waals surface area (Å²) in [7, 11) is 1.53. The molecule has 2 aromatic carbocycles. The molecule has 6 heteroatoms. The van der Waals surface area contributed by atoms with Gasteiger partial charge in [0, 0.05) is 18.1 Å². The molecule has 6 nitrogen and oxygen atoms in total. The third-order valence-electron chi connectivity index (χ3n) is 3.87. The first-order valence-corrected chi connectivity index (χ1v) is 7.04. The van der Waals surface area contributed by atoms with E-state index in [-0.39, 0.29) is 23.8 Å². The molecule has 1 unspecified atom stereocenters. The van der Waals surface area contributed by atoms with Crippen LogP contribution in [0.3, 0.4) is 0 Å². The number of phenols is 2. The zero-order valence-corrected chi connectivity index (χ0v) is 12.4. The number of methoxy groups -OCH3 is 1. The van der Waals surface area contributed by atoms with Gasteiger partial charge >= 0.3 is 0 Å². The average molecular weight is 313 g/mol. The Hall–Kier alpha value is -3.02. The van der Waals surface area contributed by atoms with Crippen molar-refractivity contribution in [1.29, 1.82) is 0 Å². The normalized spacial score (nSPS) is 17.6. The Morgan fingerprint density at radius 2 is 1.78 bits per heavy atom. The maximum absolute atomic E-state index is 12.6. The number of benzene rings is 2. The maximum atomic E-state index is 12.6. The fourth-order valence-corrected chi connectivity index (χ4v) is 2.70. The summed E-state index contributed by atoms with van der Waals surface area (Å²) in [5, 5.41) is 19.3. The number of amides is 2. The van der Waals surface area contributed by atoms with Crippen LogP contribution in [0.15, 0.2) is 42.5 Å². The van der Waals surface area contributed by atoms with E-state index < -0.39 is 11.8 Å². The molecule has 1 heterocycles. The molecule has 1 saturated heterocycles. The molecule has 0 spiro atoms. The molecule has 2 N–H and O–H groups in total. The lowest BCUT2D eigenvalue weighted by atomic mass is 9.96. The van der Waals surface area contributed by atoms with Crippen LogP contribution >= 0.6 is 0 Å². The van der Waals surface area contributed by atoms with Crippen molar-refractivity contribution in [2.45, 2.75) is 12.3 Å². The van der Waals surface area contributed by atoms with E-state index in [4.69, 9.17) is 4.74 Å². The van der Waals surface area contributed by atoms with E-state index in [1.165, 1.54) is 19.2 Å². The van der Waals surface area contributed by atoms with Crippen molar-refractivity contribution >= 4 is 17.5 Å². The molecule has 23 heavy (non-hydrogen) atoms. The monoisotopic (exact) mass is 313 g/mol. The molecule has 0 saturated carbocycles. The van der Waals surface area contributed by atoms with Crippen molar-refractivity contribution in [3.8, 4) is 17.2 Å². The topological polar surface area (TPSA) is 87.1 Å². The first-order valence-electron chi connectivity index (χ1n) is 7.04. The van der Waals surface area contributed by atoms with Crippen molar-refractivity contribution in [3.63, 3.8) is 0 Å². The van der Waals surface area contributed by atoms with E-state index >= 15 is 0 Å². The highest BCUT2D eigenvalue weighted by molar-refractivity contribution is 6.22. The van der Waals surface area contributed by atoms with Crippen molar-refractivity contribution < 1.29 is 24.5 Å². The fraction of sp³-hybridized carbons (Fsp3) is 0.176. The maximum Gasteiger partial charge on any atom is 0.241 e. The second kappa shape index (κ2) is 5.64. The number of imide groups is 1. The van der Waals surface area contributed by atoms with Crippen LogP contribution in [0.2, 0.25) is 0 Å². The van der Waals surface area contributed by atoms with Gasteiger partial charge in [0.15, 0.2) is 0 Å². The number of aromatic hydroxyl groups is 2. The van der Waals surface area contributed by atoms with E-state index in [9.17, 15) is 19.8 Å². The van der Waals surface area contributed by atoms with Crippen molar-refractivity contribution in [3.05, 3.63) is 48.0 Å². The Labute approximate surface area is 132 Å². The predicted octanol–water partition coefficient (Wildman–Crippen LogP) is 2.15. The molecular formula is C17H15NO5. The molecule has 2 aromatic rings. The summed E-state index contributed by atoms with van der Waals surface area (Å²) in [6.07, 6.45) is -0.0246. The lowest BCUT2D eigenvalue weighted by molar-refractivity contribution is -0.121. The number of ether oxygens (including phenoxy) is 1. The molecule has 118 valence electrons. The van der Waals surface area contributed by atoms with Crippen LogP contribution in [-0.4, -0.2) is 29.1 Å². The molecule has 0 radical (unpaired) electrons. The summed E-state index contributed by atoms with van der Waals surface area (Å²) in [6.45, 7) is 0. The summed E-state index contributed by atoms with van der Waals surface area (Å²) in [6, 6.07) is 10.6. The lowest BCUT2D eigenvalue weighted by Gasteiger charge is -2.16. The van der Waals surface area contributed by atoms with E-state index in [0.717, 1.165) is 11.0 Å². The van der Waals surface area contributed by atoms with Crippen molar-refractivity contribution in [2.24, 2.45) is 0 Å². The minimum atomic E-state index is -0.759. The highest BCUT2D eigenvalue weighted by Gasteiger charge is 2.41. The van der Waals surface area contributed by atoms with E-state index in [0.29, 0.717) is 17.0 Å². The number of phenolic OH excluding ortho intramolecular Hbond substituents is 2. The first kappa shape index (κ1) is 14.9. The van der Waals surface area contributed by atoms with Gasteiger partial charge in [0.25, 0.3) is 0 Å². The van der Waals surface area contributed by atoms with Crippen molar-refractivity contribution in [1.82, 2.24) is 0 Å². The zero-order chi connectivity index (χ0) is 16.6. The summed E-state index contributed by atoms with van der Waals surface area (Å²) < 4.78 is 5.06. The summed E-state index contributed by atoms with van der Waals surface area (Å²) in [5.74, 6) is -1.17. The van der Waals surface area contributed by atoms with Crippen LogP contribution in [-0.2, 0) is 9.59 Å². The van der Waals surface area contributed by atoms with Gasteiger partial charge < -0.3 is 14.9 Å². The molecule has 1 atom stereocenters. The van der Waals surface area contributed by atoms with Gasteiger partial charge in [-0.15, -0.1) is 0 Å². The van der Waals surface area contributed by atoms with E-state index in [1.807, 2.05) is 0 Å². The Balaban J connectivity index is 1.93. The van der Waals surface area contributed by atoms with Gasteiger partial charge in [-0.1, -0.05) is 6.07 Å². The third kappa shape index (κ3) is 2.59. The fourth-order valence-electron chi connectivity index (χ4n) is 2.70. The number of anilines is 1. The van der Waals surface area contributed by atoms with Crippen LogP contribution in [0, 0.1) is 0 Å². The first-order chi connectivity index (χ1) is 11.0. The van der Waals surface area contributed by atoms with Crippen molar-refractivity contribution in [2.75, 3.05) is 12.0 Å². The van der Waals surface area contributed by atoms with Crippen LogP contribution in [0.4, 0.5) is 5.69 Å². The summed E-state index contributed by atoms with van der Waals surface area (Å²) in [5.41, 5.74) is 0.790. The quantitative estimate of drug-likeness (QED) is 0.848. The second-order valence-electron chi connectivity index (χ2n) is 5.27. The van der Waals surface area contributed by atoms with Gasteiger partial charge in [-0.25, -0.2) is 0 Å². The van der Waals surface area contributed by atoms with Crippen LogP contribution in [0.25, 0.3) is 0 Å². The number of nitrogens with zero attached hydrogens (tertiary/aromatic N) is 1. The van der Waals surface area contributed by atoms with Gasteiger partial charge in [-0.3, -0.25) is 14.5 Å². The van der Waals surface area contributed by atoms with Gasteiger partial charge in [0.05, 0.1) is 18.7 Å². The average Bonchev–Trinajstić information content (AvgIpc) is 2.82. The van der Waals surface area contributed by atoms with Crippen LogP contribution in [0.1, 0.15) is 17.9 Å². The Morgan fingerprint density at radius 3 is 2.39 bits per heavy atom. The Bertz CT molecular complexity index is 769. The van der Waals surface area contributed by atoms with E-state index in [2.05, 4.69) is 0 Å². The largest absolute Gasteiger partial charge is 0.508 e. The lowest BCUT2D eigenvalue weighted by Crippen LogP contribution is -2.29. The number of carbonyl (C=O) groups is 2. The number of hydrogen-bond donors (Lipinski definition) is 2. The smallest absolute Gasteiger partial charge is 0.241 e. The zero-order valence-electron chi connectivity index (χ0n) is 12.4. The minimum Gasteiger partial charge on any atom is -0.508 e. The highest BCUT2D eigenvalue weighted by atomic mass is 16.5. The van der Waals surface area contributed by atoms with Crippen LogP contribution in [0.5, 0.6) is 17.2 Å². The molecule has 1 aliphatic heterocycles. The molecule has 1 fully saturated rings. The Morgan fingerprint density at radius 1 is 1.09 bits per heavy atom. The Kier molecular flexibility index (Phi) is 3.65. The number of rotatable bonds is 3.